The molecule has 2 aliphatic carbocycles. The Morgan fingerprint density at radius 1 is 0.722 bits per heavy atom. The molecule has 54 heavy (non-hydrogen) atoms. The first kappa shape index (κ1) is 36.5. The largest absolute Gasteiger partial charge is 0.468 e. The molecule has 0 spiro atoms. The van der Waals surface area contributed by atoms with Gasteiger partial charge in [-0.25, -0.2) is 4.79 Å². The number of carbonyl (C=O) groups excluding carboxylic acids is 4. The lowest BCUT2D eigenvalue weighted by Crippen LogP contribution is -2.56. The van der Waals surface area contributed by atoms with Gasteiger partial charge >= 0.3 is 12.1 Å². The summed E-state index contributed by atoms with van der Waals surface area (Å²) in [6.45, 7) is -0.249. The van der Waals surface area contributed by atoms with Gasteiger partial charge in [-0.05, 0) is 51.8 Å². The van der Waals surface area contributed by atoms with Crippen LogP contribution >= 0.6 is 11.8 Å². The molecule has 5 aromatic carbocycles. The van der Waals surface area contributed by atoms with E-state index in [-0.39, 0.29) is 24.8 Å². The van der Waals surface area contributed by atoms with Crippen molar-refractivity contribution in [1.29, 1.82) is 0 Å². The van der Waals surface area contributed by atoms with Gasteiger partial charge in [0, 0.05) is 11.7 Å². The number of amides is 3. The zero-order valence-electron chi connectivity index (χ0n) is 29.8. The Labute approximate surface area is 318 Å². The summed E-state index contributed by atoms with van der Waals surface area (Å²) in [6, 6.07) is 45.2. The van der Waals surface area contributed by atoms with Gasteiger partial charge in [-0.15, -0.1) is 11.8 Å². The van der Waals surface area contributed by atoms with Crippen molar-refractivity contribution in [3.63, 3.8) is 0 Å². The van der Waals surface area contributed by atoms with E-state index in [0.29, 0.717) is 12.8 Å². The molecule has 3 amide bonds. The number of ether oxygens (including phenoxy) is 2. The number of thioether (sulfide) groups is 1. The lowest BCUT2D eigenvalue weighted by Gasteiger charge is -2.36. The molecule has 0 bridgehead atoms. The van der Waals surface area contributed by atoms with Crippen LogP contribution in [0, 0.1) is 0 Å². The highest BCUT2D eigenvalue weighted by atomic mass is 32.2. The molecule has 0 saturated heterocycles. The maximum absolute atomic E-state index is 14.3. The van der Waals surface area contributed by atoms with Crippen molar-refractivity contribution in [3.8, 4) is 11.1 Å². The highest BCUT2D eigenvalue weighted by Gasteiger charge is 2.52. The Bertz CT molecular complexity index is 1980. The van der Waals surface area contributed by atoms with E-state index in [0.717, 1.165) is 38.9 Å². The van der Waals surface area contributed by atoms with Gasteiger partial charge in [0.2, 0.25) is 11.8 Å². The monoisotopic (exact) mass is 739 g/mol. The van der Waals surface area contributed by atoms with Crippen molar-refractivity contribution >= 4 is 35.6 Å². The SMILES string of the molecule is COC(=O)CNC(=O)C1(NC(=O)[C@@H](CSC(c2ccccc2)(c2ccccc2)c2ccccc2)NC(=O)OCC2c3ccccc3-c3ccccc32)CC1. The predicted molar refractivity (Wildman–Crippen MR) is 209 cm³/mol. The zero-order chi connectivity index (χ0) is 37.5. The summed E-state index contributed by atoms with van der Waals surface area (Å²) in [5, 5.41) is 8.34. The predicted octanol–water partition coefficient (Wildman–Crippen LogP) is 6.56. The van der Waals surface area contributed by atoms with Crippen LogP contribution in [0.4, 0.5) is 4.79 Å². The van der Waals surface area contributed by atoms with Crippen LogP contribution in [0.5, 0.6) is 0 Å². The summed E-state index contributed by atoms with van der Waals surface area (Å²) in [4.78, 5) is 53.0. The standard InChI is InChI=1S/C44H41N3O6S/c1-52-39(48)27-45-41(50)43(25-26-43)47-40(49)38(46-42(51)53-28-37-35-23-13-11-21-33(35)34-22-12-14-24-36(34)37)29-54-44(30-15-5-2-6-16-30,31-17-7-3-8-18-31)32-19-9-4-10-20-32/h2-24,37-38H,25-29H2,1H3,(H,45,50)(H,46,51)(H,47,49)/t38-/m1/s1. The number of carbonyl (C=O) groups is 4. The van der Waals surface area contributed by atoms with E-state index in [4.69, 9.17) is 4.74 Å². The normalized spacial score (nSPS) is 14.5. The fourth-order valence-corrected chi connectivity index (χ4v) is 8.75. The molecule has 1 atom stereocenters. The summed E-state index contributed by atoms with van der Waals surface area (Å²) in [5.41, 5.74) is 6.14. The lowest BCUT2D eigenvalue weighted by atomic mass is 9.84. The first-order valence-corrected chi connectivity index (χ1v) is 18.9. The average Bonchev–Trinajstić information content (AvgIpc) is 3.94. The number of rotatable bonds is 14. The molecular formula is C44H41N3O6S. The Morgan fingerprint density at radius 2 is 1.20 bits per heavy atom. The van der Waals surface area contributed by atoms with Gasteiger partial charge in [0.25, 0.3) is 0 Å². The number of alkyl carbamates (subject to hydrolysis) is 1. The van der Waals surface area contributed by atoms with E-state index in [1.807, 2.05) is 91.0 Å². The Balaban J connectivity index is 1.17. The smallest absolute Gasteiger partial charge is 0.407 e. The molecule has 0 heterocycles. The Kier molecular flexibility index (Phi) is 10.8. The van der Waals surface area contributed by atoms with Gasteiger partial charge in [0.05, 0.1) is 11.9 Å². The van der Waals surface area contributed by atoms with Crippen LogP contribution in [0.15, 0.2) is 140 Å². The van der Waals surface area contributed by atoms with E-state index in [1.54, 1.807) is 0 Å². The maximum Gasteiger partial charge on any atom is 0.407 e. The minimum Gasteiger partial charge on any atom is -0.468 e. The summed E-state index contributed by atoms with van der Waals surface area (Å²) >= 11 is 1.51. The van der Waals surface area contributed by atoms with Crippen LogP contribution in [0.3, 0.4) is 0 Å². The number of hydrogen-bond acceptors (Lipinski definition) is 7. The van der Waals surface area contributed by atoms with Crippen molar-refractivity contribution in [2.45, 2.75) is 35.1 Å². The van der Waals surface area contributed by atoms with Crippen molar-refractivity contribution in [2.24, 2.45) is 0 Å². The summed E-state index contributed by atoms with van der Waals surface area (Å²) in [6.07, 6.45) is 0.0270. The highest BCUT2D eigenvalue weighted by molar-refractivity contribution is 8.00. The second-order valence-electron chi connectivity index (χ2n) is 13.4. The molecule has 1 saturated carbocycles. The van der Waals surface area contributed by atoms with E-state index in [2.05, 4.69) is 69.2 Å². The molecule has 3 N–H and O–H groups in total. The maximum atomic E-state index is 14.3. The van der Waals surface area contributed by atoms with Crippen LogP contribution in [-0.4, -0.2) is 61.5 Å². The molecular weight excluding hydrogens is 699 g/mol. The molecule has 9 nitrogen and oxygen atoms in total. The third-order valence-corrected chi connectivity index (χ3v) is 11.8. The number of esters is 1. The Hall–Kier alpha value is -5.87. The third-order valence-electron chi connectivity index (χ3n) is 10.1. The first-order chi connectivity index (χ1) is 26.3. The average molecular weight is 740 g/mol. The minimum atomic E-state index is -1.20. The second-order valence-corrected chi connectivity index (χ2v) is 14.7. The van der Waals surface area contributed by atoms with Crippen molar-refractivity contribution < 1.29 is 28.7 Å². The second kappa shape index (κ2) is 16.0. The topological polar surface area (TPSA) is 123 Å². The fraction of sp³-hybridized carbons (Fsp3) is 0.227. The van der Waals surface area contributed by atoms with Gasteiger partial charge in [0.15, 0.2) is 0 Å². The van der Waals surface area contributed by atoms with Gasteiger partial charge in [-0.1, -0.05) is 140 Å². The highest BCUT2D eigenvalue weighted by Crippen LogP contribution is 2.49. The van der Waals surface area contributed by atoms with Crippen LogP contribution in [0.2, 0.25) is 0 Å². The van der Waals surface area contributed by atoms with Crippen LogP contribution in [0.25, 0.3) is 11.1 Å². The molecule has 10 heteroatoms. The van der Waals surface area contributed by atoms with Gasteiger partial charge in [-0.2, -0.15) is 0 Å². The molecule has 0 radical (unpaired) electrons. The number of methoxy groups -OCH3 is 1. The molecule has 274 valence electrons. The van der Waals surface area contributed by atoms with Crippen molar-refractivity contribution in [1.82, 2.24) is 16.0 Å². The number of hydrogen-bond donors (Lipinski definition) is 3. The first-order valence-electron chi connectivity index (χ1n) is 17.9. The van der Waals surface area contributed by atoms with E-state index < -0.39 is 40.2 Å². The lowest BCUT2D eigenvalue weighted by molar-refractivity contribution is -0.141. The van der Waals surface area contributed by atoms with Gasteiger partial charge in [0.1, 0.15) is 24.7 Å². The molecule has 5 aromatic rings. The molecule has 0 aromatic heterocycles. The van der Waals surface area contributed by atoms with E-state index in [1.165, 1.54) is 18.9 Å². The number of benzene rings is 5. The molecule has 0 aliphatic heterocycles. The fourth-order valence-electron chi connectivity index (χ4n) is 7.19. The quantitative estimate of drug-likeness (QED) is 0.0872. The third kappa shape index (κ3) is 7.47. The molecule has 2 aliphatic rings. The van der Waals surface area contributed by atoms with Gasteiger partial charge < -0.3 is 25.4 Å². The summed E-state index contributed by atoms with van der Waals surface area (Å²) < 4.78 is 9.79. The number of nitrogens with one attached hydrogen (secondary N) is 3. The van der Waals surface area contributed by atoms with Crippen molar-refractivity contribution in [3.05, 3.63) is 167 Å². The zero-order valence-corrected chi connectivity index (χ0v) is 30.6. The Morgan fingerprint density at radius 3 is 1.69 bits per heavy atom. The van der Waals surface area contributed by atoms with E-state index in [9.17, 15) is 19.2 Å². The molecule has 7 rings (SSSR count). The van der Waals surface area contributed by atoms with Crippen LogP contribution in [-0.2, 0) is 28.6 Å². The van der Waals surface area contributed by atoms with Crippen LogP contribution in [0.1, 0.15) is 46.6 Å². The van der Waals surface area contributed by atoms with Crippen LogP contribution < -0.4 is 16.0 Å². The summed E-state index contributed by atoms with van der Waals surface area (Å²) in [7, 11) is 1.24. The number of fused-ring (bicyclic) bond motifs is 3. The molecule has 0 unspecified atom stereocenters. The van der Waals surface area contributed by atoms with Gasteiger partial charge in [-0.3, -0.25) is 14.4 Å². The van der Waals surface area contributed by atoms with Crippen molar-refractivity contribution in [2.75, 3.05) is 26.0 Å². The van der Waals surface area contributed by atoms with E-state index >= 15 is 0 Å². The minimum absolute atomic E-state index is 0.0726. The molecule has 1 fully saturated rings. The summed E-state index contributed by atoms with van der Waals surface area (Å²) in [5.74, 6) is -1.67.